The van der Waals surface area contributed by atoms with Crippen LogP contribution >= 0.6 is 8.03 Å². The molecule has 98 valence electrons. The summed E-state index contributed by atoms with van der Waals surface area (Å²) in [6, 6.07) is 8.90. The van der Waals surface area contributed by atoms with Crippen LogP contribution in [0.15, 0.2) is 30.3 Å². The summed E-state index contributed by atoms with van der Waals surface area (Å²) in [6.07, 6.45) is 0.00310. The van der Waals surface area contributed by atoms with E-state index in [9.17, 15) is 9.36 Å². The van der Waals surface area contributed by atoms with Crippen molar-refractivity contribution in [2.24, 2.45) is 5.92 Å². The molecule has 0 fully saturated rings. The Bertz CT molecular complexity index is 403. The fourth-order valence-corrected chi connectivity index (χ4v) is 2.31. The second-order valence-corrected chi connectivity index (χ2v) is 5.52. The summed E-state index contributed by atoms with van der Waals surface area (Å²) in [5.41, 5.74) is 0. The van der Waals surface area contributed by atoms with Crippen LogP contribution in [0.3, 0.4) is 0 Å². The monoisotopic (exact) mass is 269 g/mol. The molecule has 0 aliphatic heterocycles. The molecule has 1 aromatic carbocycles. The van der Waals surface area contributed by atoms with Gasteiger partial charge in [0.1, 0.15) is 5.92 Å². The average Bonchev–Trinajstić information content (AvgIpc) is 2.29. The van der Waals surface area contributed by atoms with Crippen LogP contribution in [0.1, 0.15) is 20.8 Å². The quantitative estimate of drug-likeness (QED) is 0.586. The van der Waals surface area contributed by atoms with Crippen molar-refractivity contribution >= 4 is 14.0 Å². The second kappa shape index (κ2) is 7.12. The van der Waals surface area contributed by atoms with Crippen molar-refractivity contribution in [2.45, 2.75) is 26.9 Å². The number of hydrogen-bond acceptors (Lipinski definition) is 4. The number of carbonyl (C=O) groups is 1. The molecule has 1 rings (SSSR count). The number of benzene rings is 1. The lowest BCUT2D eigenvalue weighted by atomic mass is 10.2. The maximum Gasteiger partial charge on any atom is 0.556 e. The Morgan fingerprint density at radius 1 is 1.22 bits per heavy atom. The van der Waals surface area contributed by atoms with Crippen molar-refractivity contribution in [1.29, 1.82) is 0 Å². The van der Waals surface area contributed by atoms with E-state index >= 15 is 0 Å². The van der Waals surface area contributed by atoms with Crippen LogP contribution in [0, 0.1) is 5.92 Å². The van der Waals surface area contributed by atoms with Gasteiger partial charge >= 0.3 is 14.0 Å². The molecule has 0 spiro atoms. The van der Waals surface area contributed by atoms with Crippen LogP contribution in [0.25, 0.3) is 0 Å². The van der Waals surface area contributed by atoms with Gasteiger partial charge in [0.15, 0.2) is 11.9 Å². The number of carbonyl (C=O) groups excluding carboxylic acids is 1. The van der Waals surface area contributed by atoms with Crippen LogP contribution in [0.2, 0.25) is 0 Å². The average molecular weight is 269 g/mol. The summed E-state index contributed by atoms with van der Waals surface area (Å²) in [4.78, 5) is 11.5. The zero-order chi connectivity index (χ0) is 13.5. The first kappa shape index (κ1) is 14.7. The first-order chi connectivity index (χ1) is 8.49. The molecule has 0 saturated heterocycles. The Balaban J connectivity index is 2.43. The van der Waals surface area contributed by atoms with Gasteiger partial charge in [0.2, 0.25) is 0 Å². The van der Waals surface area contributed by atoms with E-state index in [1.165, 1.54) is 0 Å². The van der Waals surface area contributed by atoms with Crippen LogP contribution in [-0.2, 0) is 14.1 Å². The van der Waals surface area contributed by atoms with Crippen molar-refractivity contribution in [2.75, 3.05) is 6.16 Å². The molecule has 0 radical (unpaired) electrons. The van der Waals surface area contributed by atoms with E-state index in [2.05, 4.69) is 0 Å². The molecule has 0 aliphatic carbocycles. The van der Waals surface area contributed by atoms with E-state index in [0.29, 0.717) is 5.75 Å². The highest BCUT2D eigenvalue weighted by molar-refractivity contribution is 7.39. The number of rotatable bonds is 6. The van der Waals surface area contributed by atoms with E-state index in [4.69, 9.17) is 9.26 Å². The largest absolute Gasteiger partial charge is 0.556 e. The molecule has 0 heterocycles. The van der Waals surface area contributed by atoms with E-state index in [0.717, 1.165) is 0 Å². The van der Waals surface area contributed by atoms with Gasteiger partial charge in [-0.3, -0.25) is 9.32 Å². The van der Waals surface area contributed by atoms with Crippen molar-refractivity contribution < 1.29 is 18.6 Å². The van der Waals surface area contributed by atoms with Gasteiger partial charge in [0.25, 0.3) is 0 Å². The van der Waals surface area contributed by atoms with Gasteiger partial charge in [-0.25, -0.2) is 0 Å². The topological polar surface area (TPSA) is 52.6 Å². The minimum atomic E-state index is -1.90. The predicted octanol–water partition coefficient (Wildman–Crippen LogP) is 3.40. The highest BCUT2D eigenvalue weighted by atomic mass is 31.1. The molecular weight excluding hydrogens is 251 g/mol. The molecular formula is C13H18O4P+. The molecule has 0 aromatic heterocycles. The summed E-state index contributed by atoms with van der Waals surface area (Å²) in [6.45, 7) is 5.25. The summed E-state index contributed by atoms with van der Waals surface area (Å²) in [5.74, 6) is -0.229. The van der Waals surface area contributed by atoms with E-state index in [1.807, 2.05) is 6.07 Å². The van der Waals surface area contributed by atoms with E-state index in [1.54, 1.807) is 45.0 Å². The maximum atomic E-state index is 11.7. The fourth-order valence-electron chi connectivity index (χ4n) is 1.28. The van der Waals surface area contributed by atoms with Gasteiger partial charge in [-0.05, 0) is 37.5 Å². The number of ether oxygens (including phenoxy) is 1. The fraction of sp³-hybridized carbons (Fsp3) is 0.462. The lowest BCUT2D eigenvalue weighted by Gasteiger charge is -2.09. The molecule has 5 heteroatoms. The summed E-state index contributed by atoms with van der Waals surface area (Å²) in [7, 11) is -1.90. The Morgan fingerprint density at radius 3 is 2.39 bits per heavy atom. The molecule has 0 N–H and O–H groups in total. The van der Waals surface area contributed by atoms with E-state index in [-0.39, 0.29) is 18.2 Å². The first-order valence-electron chi connectivity index (χ1n) is 5.87. The summed E-state index contributed by atoms with van der Waals surface area (Å²) < 4.78 is 22.0. The Morgan fingerprint density at radius 2 is 1.83 bits per heavy atom. The Labute approximate surface area is 108 Å². The maximum absolute atomic E-state index is 11.7. The summed E-state index contributed by atoms with van der Waals surface area (Å²) in [5, 5.41) is 0. The highest BCUT2D eigenvalue weighted by Crippen LogP contribution is 2.29. The van der Waals surface area contributed by atoms with Crippen LogP contribution in [-0.4, -0.2) is 18.2 Å². The minimum absolute atomic E-state index is 0.159. The molecule has 0 saturated carbocycles. The molecule has 0 bridgehead atoms. The van der Waals surface area contributed by atoms with Gasteiger partial charge in [0, 0.05) is 0 Å². The van der Waals surface area contributed by atoms with Crippen LogP contribution in [0.5, 0.6) is 5.75 Å². The van der Waals surface area contributed by atoms with Gasteiger partial charge < -0.3 is 4.74 Å². The Kier molecular flexibility index (Phi) is 5.79. The standard InChI is InChI=1S/C13H18O4P/c1-10(2)16-13(14)11(3)9-18(15)17-12-7-5-4-6-8-12/h4-8,10-11H,9H2,1-3H3/q+1/t11-/m1/s1. The third kappa shape index (κ3) is 5.28. The zero-order valence-corrected chi connectivity index (χ0v) is 11.7. The van der Waals surface area contributed by atoms with Crippen molar-refractivity contribution in [3.63, 3.8) is 0 Å². The number of hydrogen-bond donors (Lipinski definition) is 0. The van der Waals surface area contributed by atoms with Gasteiger partial charge in [-0.15, -0.1) is 0 Å². The zero-order valence-electron chi connectivity index (χ0n) is 10.8. The van der Waals surface area contributed by atoms with Gasteiger partial charge in [0.05, 0.1) is 6.10 Å². The van der Waals surface area contributed by atoms with Gasteiger partial charge in [-0.2, -0.15) is 0 Å². The highest BCUT2D eigenvalue weighted by Gasteiger charge is 2.29. The van der Waals surface area contributed by atoms with Crippen molar-refractivity contribution in [3.05, 3.63) is 30.3 Å². The third-order valence-electron chi connectivity index (χ3n) is 2.13. The normalized spacial score (nSPS) is 13.0. The van der Waals surface area contributed by atoms with Crippen molar-refractivity contribution in [3.8, 4) is 5.75 Å². The molecule has 4 nitrogen and oxygen atoms in total. The second-order valence-electron chi connectivity index (χ2n) is 4.31. The lowest BCUT2D eigenvalue weighted by molar-refractivity contribution is -0.151. The van der Waals surface area contributed by atoms with Crippen LogP contribution < -0.4 is 4.52 Å². The Hall–Kier alpha value is -1.41. The minimum Gasteiger partial charge on any atom is -0.463 e. The van der Waals surface area contributed by atoms with E-state index < -0.39 is 13.9 Å². The summed E-state index contributed by atoms with van der Waals surface area (Å²) >= 11 is 0. The van der Waals surface area contributed by atoms with Crippen molar-refractivity contribution in [1.82, 2.24) is 0 Å². The molecule has 2 atom stereocenters. The first-order valence-corrected chi connectivity index (χ1v) is 7.23. The molecule has 0 aliphatic rings. The molecule has 18 heavy (non-hydrogen) atoms. The smallest absolute Gasteiger partial charge is 0.463 e. The van der Waals surface area contributed by atoms with Gasteiger partial charge in [-0.1, -0.05) is 18.2 Å². The molecule has 1 unspecified atom stereocenters. The van der Waals surface area contributed by atoms with Crippen LogP contribution in [0.4, 0.5) is 0 Å². The lowest BCUT2D eigenvalue weighted by Crippen LogP contribution is -2.20. The molecule has 1 aromatic rings. The SMILES string of the molecule is CC(C)OC(=O)[C@H](C)C[P+](=O)Oc1ccccc1. The third-order valence-corrected chi connectivity index (χ3v) is 3.39. The predicted molar refractivity (Wildman–Crippen MR) is 69.9 cm³/mol. The number of esters is 1. The molecule has 0 amide bonds. The number of para-hydroxylation sites is 1.